The van der Waals surface area contributed by atoms with Crippen molar-refractivity contribution in [2.75, 3.05) is 13.6 Å². The van der Waals surface area contributed by atoms with Crippen molar-refractivity contribution in [2.24, 2.45) is 0 Å². The molecule has 0 aliphatic carbocycles. The van der Waals surface area contributed by atoms with Crippen molar-refractivity contribution >= 4 is 5.91 Å². The van der Waals surface area contributed by atoms with E-state index < -0.39 is 0 Å². The molecule has 0 N–H and O–H groups in total. The molecule has 86 valence electrons. The molecule has 0 bridgehead atoms. The highest BCUT2D eigenvalue weighted by molar-refractivity contribution is 5.95. The molecule has 1 rings (SSSR count). The summed E-state index contributed by atoms with van der Waals surface area (Å²) in [5, 5.41) is 0. The number of rotatable bonds is 3. The Labute approximate surface area is 95.4 Å². The zero-order valence-corrected chi connectivity index (χ0v) is 9.88. The van der Waals surface area contributed by atoms with Gasteiger partial charge in [-0.15, -0.1) is 0 Å². The molecule has 0 saturated heterocycles. The van der Waals surface area contributed by atoms with Crippen LogP contribution in [-0.2, 0) is 0 Å². The molecule has 0 fully saturated rings. The Bertz CT molecular complexity index is 426. The van der Waals surface area contributed by atoms with E-state index in [2.05, 4.69) is 6.58 Å². The smallest absolute Gasteiger partial charge is 0.254 e. The molecule has 0 aromatic heterocycles. The maximum Gasteiger partial charge on any atom is 0.254 e. The van der Waals surface area contributed by atoms with E-state index in [1.165, 1.54) is 18.2 Å². The first-order valence-electron chi connectivity index (χ1n) is 5.08. The number of hydrogen-bond acceptors (Lipinski definition) is 1. The highest BCUT2D eigenvalue weighted by atomic mass is 19.1. The number of halogens is 1. The molecule has 0 unspecified atom stereocenters. The fourth-order valence-electron chi connectivity index (χ4n) is 1.55. The standard InChI is InChI=1S/C13H16FNO/c1-9(2)8-15(4)13(16)12-6-5-11(14)7-10(12)3/h5-7H,1,8H2,2-4H3. The van der Waals surface area contributed by atoms with Crippen molar-refractivity contribution in [2.45, 2.75) is 13.8 Å². The molecule has 1 amide bonds. The first-order valence-corrected chi connectivity index (χ1v) is 5.08. The van der Waals surface area contributed by atoms with Gasteiger partial charge in [-0.2, -0.15) is 0 Å². The third kappa shape index (κ3) is 2.92. The number of aryl methyl sites for hydroxylation is 1. The minimum Gasteiger partial charge on any atom is -0.338 e. The van der Waals surface area contributed by atoms with Gasteiger partial charge >= 0.3 is 0 Å². The lowest BCUT2D eigenvalue weighted by Gasteiger charge is -2.18. The minimum absolute atomic E-state index is 0.111. The van der Waals surface area contributed by atoms with Gasteiger partial charge in [0.1, 0.15) is 5.82 Å². The van der Waals surface area contributed by atoms with E-state index in [4.69, 9.17) is 0 Å². The lowest BCUT2D eigenvalue weighted by molar-refractivity contribution is 0.0806. The number of nitrogens with zero attached hydrogens (tertiary/aromatic N) is 1. The number of likely N-dealkylation sites (N-methyl/N-ethyl adjacent to an activating group) is 1. The third-order valence-corrected chi connectivity index (χ3v) is 2.27. The Morgan fingerprint density at radius 3 is 2.62 bits per heavy atom. The molecule has 0 heterocycles. The molecule has 2 nitrogen and oxygen atoms in total. The van der Waals surface area contributed by atoms with Crippen LogP contribution in [0.2, 0.25) is 0 Å². The fraction of sp³-hybridized carbons (Fsp3) is 0.308. The number of amides is 1. The Kier molecular flexibility index (Phi) is 3.82. The molecule has 0 saturated carbocycles. The predicted octanol–water partition coefficient (Wildman–Crippen LogP) is 2.78. The second-order valence-electron chi connectivity index (χ2n) is 4.08. The van der Waals surface area contributed by atoms with Gasteiger partial charge in [0.25, 0.3) is 5.91 Å². The second-order valence-corrected chi connectivity index (χ2v) is 4.08. The van der Waals surface area contributed by atoms with Gasteiger partial charge in [0.05, 0.1) is 0 Å². The fourth-order valence-corrected chi connectivity index (χ4v) is 1.55. The Balaban J connectivity index is 2.92. The maximum atomic E-state index is 12.9. The van der Waals surface area contributed by atoms with Crippen LogP contribution in [0.4, 0.5) is 4.39 Å². The van der Waals surface area contributed by atoms with E-state index in [1.807, 2.05) is 6.92 Å². The van der Waals surface area contributed by atoms with Gasteiger partial charge in [0.2, 0.25) is 0 Å². The lowest BCUT2D eigenvalue weighted by atomic mass is 10.1. The monoisotopic (exact) mass is 221 g/mol. The molecule has 0 spiro atoms. The Morgan fingerprint density at radius 2 is 2.12 bits per heavy atom. The molecule has 1 aromatic carbocycles. The van der Waals surface area contributed by atoms with Crippen LogP contribution in [0, 0.1) is 12.7 Å². The summed E-state index contributed by atoms with van der Waals surface area (Å²) in [6, 6.07) is 4.18. The first kappa shape index (κ1) is 12.4. The molecule has 0 aliphatic rings. The van der Waals surface area contributed by atoms with E-state index in [9.17, 15) is 9.18 Å². The van der Waals surface area contributed by atoms with Crippen LogP contribution in [0.25, 0.3) is 0 Å². The molecule has 0 aliphatic heterocycles. The van der Waals surface area contributed by atoms with Crippen molar-refractivity contribution < 1.29 is 9.18 Å². The van der Waals surface area contributed by atoms with E-state index in [-0.39, 0.29) is 11.7 Å². The second kappa shape index (κ2) is 4.92. The van der Waals surface area contributed by atoms with Gasteiger partial charge in [0.15, 0.2) is 0 Å². The Morgan fingerprint density at radius 1 is 1.50 bits per heavy atom. The first-order chi connectivity index (χ1) is 7.41. The number of hydrogen-bond donors (Lipinski definition) is 0. The Hall–Kier alpha value is -1.64. The minimum atomic E-state index is -0.323. The SMILES string of the molecule is C=C(C)CN(C)C(=O)c1ccc(F)cc1C. The quantitative estimate of drug-likeness (QED) is 0.719. The molecular weight excluding hydrogens is 205 g/mol. The van der Waals surface area contributed by atoms with Crippen molar-refractivity contribution in [3.63, 3.8) is 0 Å². The summed E-state index contributed by atoms with van der Waals surface area (Å²) in [5.74, 6) is -0.433. The van der Waals surface area contributed by atoms with Crippen LogP contribution in [-0.4, -0.2) is 24.4 Å². The third-order valence-electron chi connectivity index (χ3n) is 2.27. The maximum absolute atomic E-state index is 12.9. The van der Waals surface area contributed by atoms with E-state index >= 15 is 0 Å². The molecule has 0 atom stereocenters. The van der Waals surface area contributed by atoms with Crippen LogP contribution in [0.5, 0.6) is 0 Å². The largest absolute Gasteiger partial charge is 0.338 e. The molecular formula is C13H16FNO. The number of carbonyl (C=O) groups is 1. The average molecular weight is 221 g/mol. The summed E-state index contributed by atoms with van der Waals surface area (Å²) in [5.41, 5.74) is 2.10. The predicted molar refractivity (Wildman–Crippen MR) is 62.9 cm³/mol. The van der Waals surface area contributed by atoms with Crippen LogP contribution in [0.3, 0.4) is 0 Å². The van der Waals surface area contributed by atoms with Gasteiger partial charge in [-0.1, -0.05) is 12.2 Å². The van der Waals surface area contributed by atoms with Crippen molar-refractivity contribution in [3.8, 4) is 0 Å². The van der Waals surface area contributed by atoms with Crippen LogP contribution in [0.1, 0.15) is 22.8 Å². The van der Waals surface area contributed by atoms with Gasteiger partial charge < -0.3 is 4.90 Å². The summed E-state index contributed by atoms with van der Waals surface area (Å²) in [4.78, 5) is 13.5. The summed E-state index contributed by atoms with van der Waals surface area (Å²) in [7, 11) is 1.71. The highest BCUT2D eigenvalue weighted by Crippen LogP contribution is 2.12. The molecule has 1 aromatic rings. The van der Waals surface area contributed by atoms with Gasteiger partial charge in [-0.3, -0.25) is 4.79 Å². The molecule has 3 heteroatoms. The van der Waals surface area contributed by atoms with Crippen molar-refractivity contribution in [1.29, 1.82) is 0 Å². The van der Waals surface area contributed by atoms with Crippen LogP contribution < -0.4 is 0 Å². The van der Waals surface area contributed by atoms with Crippen LogP contribution >= 0.6 is 0 Å². The molecule has 16 heavy (non-hydrogen) atoms. The van der Waals surface area contributed by atoms with E-state index in [0.717, 1.165) is 5.57 Å². The summed E-state index contributed by atoms with van der Waals surface area (Å²) >= 11 is 0. The number of carbonyl (C=O) groups excluding carboxylic acids is 1. The summed E-state index contributed by atoms with van der Waals surface area (Å²) in [6.07, 6.45) is 0. The summed E-state index contributed by atoms with van der Waals surface area (Å²) < 4.78 is 12.9. The van der Waals surface area contributed by atoms with Crippen LogP contribution in [0.15, 0.2) is 30.4 Å². The summed E-state index contributed by atoms with van der Waals surface area (Å²) in [6.45, 7) is 7.85. The van der Waals surface area contributed by atoms with Crippen molar-refractivity contribution in [1.82, 2.24) is 4.90 Å². The average Bonchev–Trinajstić information content (AvgIpc) is 2.15. The molecule has 0 radical (unpaired) electrons. The van der Waals surface area contributed by atoms with Gasteiger partial charge in [-0.25, -0.2) is 4.39 Å². The zero-order valence-electron chi connectivity index (χ0n) is 9.88. The lowest BCUT2D eigenvalue weighted by Crippen LogP contribution is -2.28. The number of benzene rings is 1. The zero-order chi connectivity index (χ0) is 12.3. The van der Waals surface area contributed by atoms with E-state index in [0.29, 0.717) is 17.7 Å². The van der Waals surface area contributed by atoms with Crippen molar-refractivity contribution in [3.05, 3.63) is 47.3 Å². The van der Waals surface area contributed by atoms with Gasteiger partial charge in [-0.05, 0) is 37.6 Å². The van der Waals surface area contributed by atoms with E-state index in [1.54, 1.807) is 18.9 Å². The van der Waals surface area contributed by atoms with Gasteiger partial charge in [0, 0.05) is 19.2 Å². The topological polar surface area (TPSA) is 20.3 Å². The highest BCUT2D eigenvalue weighted by Gasteiger charge is 2.14. The normalized spacial score (nSPS) is 10.0.